The van der Waals surface area contributed by atoms with Crippen LogP contribution in [0.4, 0.5) is 0 Å². The summed E-state index contributed by atoms with van der Waals surface area (Å²) in [4.78, 5) is 0.106. The van der Waals surface area contributed by atoms with E-state index in [1.54, 1.807) is 18.2 Å². The number of nitrogens with one attached hydrogen (secondary N) is 2. The standard InChI is InChI=1S/C12H16BrClN2O2S/c1-8-5-6-15-7-11(8)16-19(17,18)12-9(13)3-2-4-10(12)14/h2-4,8,11,15-16H,5-7H2,1H3. The van der Waals surface area contributed by atoms with Crippen LogP contribution in [-0.4, -0.2) is 27.5 Å². The highest BCUT2D eigenvalue weighted by atomic mass is 79.9. The highest BCUT2D eigenvalue weighted by Gasteiger charge is 2.29. The molecule has 0 bridgehead atoms. The van der Waals surface area contributed by atoms with Crippen molar-refractivity contribution in [1.82, 2.24) is 10.0 Å². The summed E-state index contributed by atoms with van der Waals surface area (Å²) >= 11 is 9.25. The topological polar surface area (TPSA) is 58.2 Å². The van der Waals surface area contributed by atoms with Gasteiger partial charge < -0.3 is 5.32 Å². The Hall–Kier alpha value is -0.140. The van der Waals surface area contributed by atoms with Gasteiger partial charge in [0, 0.05) is 17.1 Å². The summed E-state index contributed by atoms with van der Waals surface area (Å²) in [5.41, 5.74) is 0. The molecule has 19 heavy (non-hydrogen) atoms. The van der Waals surface area contributed by atoms with Crippen LogP contribution >= 0.6 is 27.5 Å². The van der Waals surface area contributed by atoms with E-state index in [0.717, 1.165) is 13.0 Å². The number of sulfonamides is 1. The van der Waals surface area contributed by atoms with E-state index in [1.165, 1.54) is 0 Å². The maximum Gasteiger partial charge on any atom is 0.243 e. The van der Waals surface area contributed by atoms with Gasteiger partial charge in [-0.3, -0.25) is 0 Å². The zero-order chi connectivity index (χ0) is 14.0. The summed E-state index contributed by atoms with van der Waals surface area (Å²) in [6.45, 7) is 3.62. The van der Waals surface area contributed by atoms with Crippen molar-refractivity contribution in [3.63, 3.8) is 0 Å². The number of halogens is 2. The van der Waals surface area contributed by atoms with Crippen molar-refractivity contribution in [3.05, 3.63) is 27.7 Å². The lowest BCUT2D eigenvalue weighted by molar-refractivity contribution is 0.327. The minimum Gasteiger partial charge on any atom is -0.315 e. The molecule has 1 heterocycles. The van der Waals surface area contributed by atoms with Crippen molar-refractivity contribution < 1.29 is 8.42 Å². The Labute approximate surface area is 127 Å². The van der Waals surface area contributed by atoms with E-state index in [9.17, 15) is 8.42 Å². The van der Waals surface area contributed by atoms with Gasteiger partial charge in [-0.05, 0) is 46.9 Å². The van der Waals surface area contributed by atoms with Crippen LogP contribution in [0.15, 0.2) is 27.6 Å². The Morgan fingerprint density at radius 1 is 1.47 bits per heavy atom. The molecule has 0 spiro atoms. The van der Waals surface area contributed by atoms with E-state index < -0.39 is 10.0 Å². The predicted octanol–water partition coefficient (Wildman–Crippen LogP) is 2.38. The molecule has 0 aliphatic carbocycles. The highest BCUT2D eigenvalue weighted by molar-refractivity contribution is 9.10. The van der Waals surface area contributed by atoms with Crippen LogP contribution in [0.1, 0.15) is 13.3 Å². The van der Waals surface area contributed by atoms with Crippen LogP contribution in [-0.2, 0) is 10.0 Å². The fraction of sp³-hybridized carbons (Fsp3) is 0.500. The molecule has 2 unspecified atom stereocenters. The van der Waals surface area contributed by atoms with Crippen LogP contribution in [0.5, 0.6) is 0 Å². The SMILES string of the molecule is CC1CCNCC1NS(=O)(=O)c1c(Cl)cccc1Br. The monoisotopic (exact) mass is 366 g/mol. The van der Waals surface area contributed by atoms with Crippen LogP contribution in [0.25, 0.3) is 0 Å². The van der Waals surface area contributed by atoms with Crippen molar-refractivity contribution >= 4 is 37.6 Å². The molecule has 0 radical (unpaired) electrons. The maximum atomic E-state index is 12.4. The molecule has 0 aromatic heterocycles. The Kier molecular flexibility index (Phi) is 4.89. The molecule has 1 aromatic rings. The molecule has 1 fully saturated rings. The lowest BCUT2D eigenvalue weighted by atomic mass is 9.96. The second kappa shape index (κ2) is 6.10. The first-order chi connectivity index (χ1) is 8.92. The molecule has 2 atom stereocenters. The first-order valence-electron chi connectivity index (χ1n) is 6.09. The lowest BCUT2D eigenvalue weighted by Gasteiger charge is -2.30. The summed E-state index contributed by atoms with van der Waals surface area (Å²) in [5.74, 6) is 0.303. The summed E-state index contributed by atoms with van der Waals surface area (Å²) in [6.07, 6.45) is 0.955. The molecule has 1 saturated heterocycles. The molecule has 0 amide bonds. The quantitative estimate of drug-likeness (QED) is 0.862. The van der Waals surface area contributed by atoms with E-state index in [0.29, 0.717) is 16.9 Å². The minimum absolute atomic E-state index is 0.106. The summed E-state index contributed by atoms with van der Waals surface area (Å²) < 4.78 is 28.1. The van der Waals surface area contributed by atoms with Crippen molar-refractivity contribution in [2.75, 3.05) is 13.1 Å². The second-order valence-corrected chi connectivity index (χ2v) is 7.66. The van der Waals surface area contributed by atoms with Crippen molar-refractivity contribution in [2.24, 2.45) is 5.92 Å². The van der Waals surface area contributed by atoms with Gasteiger partial charge in [-0.2, -0.15) is 0 Å². The molecule has 0 saturated carbocycles. The van der Waals surface area contributed by atoms with E-state index >= 15 is 0 Å². The second-order valence-electron chi connectivity index (χ2n) is 4.75. The van der Waals surface area contributed by atoms with Crippen LogP contribution < -0.4 is 10.0 Å². The highest BCUT2D eigenvalue weighted by Crippen LogP contribution is 2.29. The predicted molar refractivity (Wildman–Crippen MR) is 79.9 cm³/mol. The first-order valence-corrected chi connectivity index (χ1v) is 8.74. The van der Waals surface area contributed by atoms with Gasteiger partial charge >= 0.3 is 0 Å². The molecule has 1 aliphatic rings. The van der Waals surface area contributed by atoms with Gasteiger partial charge in [0.15, 0.2) is 0 Å². The molecule has 1 aliphatic heterocycles. The molecule has 7 heteroatoms. The summed E-state index contributed by atoms with van der Waals surface area (Å²) in [6, 6.07) is 4.84. The van der Waals surface area contributed by atoms with Gasteiger partial charge in [-0.1, -0.05) is 24.6 Å². The lowest BCUT2D eigenvalue weighted by Crippen LogP contribution is -2.50. The number of piperidine rings is 1. The Morgan fingerprint density at radius 2 is 2.21 bits per heavy atom. The Balaban J connectivity index is 2.27. The molecule has 1 aromatic carbocycles. The summed E-state index contributed by atoms with van der Waals surface area (Å²) in [5, 5.41) is 3.42. The average molecular weight is 368 g/mol. The number of rotatable bonds is 3. The van der Waals surface area contributed by atoms with E-state index in [-0.39, 0.29) is 16.0 Å². The first kappa shape index (κ1) is 15.3. The average Bonchev–Trinajstić information content (AvgIpc) is 2.31. The fourth-order valence-electron chi connectivity index (χ4n) is 2.14. The van der Waals surface area contributed by atoms with Gasteiger partial charge in [-0.15, -0.1) is 0 Å². The van der Waals surface area contributed by atoms with Crippen LogP contribution in [0.2, 0.25) is 5.02 Å². The zero-order valence-electron chi connectivity index (χ0n) is 10.5. The summed E-state index contributed by atoms with van der Waals surface area (Å²) in [7, 11) is -3.62. The van der Waals surface area contributed by atoms with Gasteiger partial charge in [0.05, 0.1) is 5.02 Å². The molecule has 2 N–H and O–H groups in total. The minimum atomic E-state index is -3.62. The largest absolute Gasteiger partial charge is 0.315 e. The van der Waals surface area contributed by atoms with Crippen LogP contribution in [0.3, 0.4) is 0 Å². The zero-order valence-corrected chi connectivity index (χ0v) is 13.6. The molecule has 4 nitrogen and oxygen atoms in total. The van der Waals surface area contributed by atoms with Crippen LogP contribution in [0, 0.1) is 5.92 Å². The maximum absolute atomic E-state index is 12.4. The van der Waals surface area contributed by atoms with Crippen molar-refractivity contribution in [2.45, 2.75) is 24.3 Å². The number of benzene rings is 1. The number of hydrogen-bond acceptors (Lipinski definition) is 3. The third kappa shape index (κ3) is 3.49. The number of hydrogen-bond donors (Lipinski definition) is 2. The van der Waals surface area contributed by atoms with Gasteiger partial charge in [0.25, 0.3) is 0 Å². The molecule has 2 rings (SSSR count). The molecule has 106 valence electrons. The fourth-order valence-corrected chi connectivity index (χ4v) is 5.23. The third-order valence-corrected chi connectivity index (χ3v) is 6.26. The van der Waals surface area contributed by atoms with E-state index in [1.807, 2.05) is 0 Å². The van der Waals surface area contributed by atoms with Gasteiger partial charge in [0.2, 0.25) is 10.0 Å². The van der Waals surface area contributed by atoms with Gasteiger partial charge in [-0.25, -0.2) is 13.1 Å². The smallest absolute Gasteiger partial charge is 0.243 e. The van der Waals surface area contributed by atoms with E-state index in [2.05, 4.69) is 32.9 Å². The molecular formula is C12H16BrClN2O2S. The van der Waals surface area contributed by atoms with E-state index in [4.69, 9.17) is 11.6 Å². The van der Waals surface area contributed by atoms with Crippen molar-refractivity contribution in [3.8, 4) is 0 Å². The Morgan fingerprint density at radius 3 is 2.84 bits per heavy atom. The van der Waals surface area contributed by atoms with Crippen molar-refractivity contribution in [1.29, 1.82) is 0 Å². The van der Waals surface area contributed by atoms with Gasteiger partial charge in [0.1, 0.15) is 4.90 Å². The molecular weight excluding hydrogens is 352 g/mol. The third-order valence-electron chi connectivity index (χ3n) is 3.32. The normalized spacial score (nSPS) is 24.4. The Bertz CT molecular complexity index is 545.